The molecule has 0 radical (unpaired) electrons. The van der Waals surface area contributed by atoms with Crippen LogP contribution in [0, 0.1) is 11.3 Å². The molecule has 0 rings (SSSR count). The number of hydrogen-bond acceptors (Lipinski definition) is 0. The van der Waals surface area contributed by atoms with Crippen molar-refractivity contribution in [1.29, 1.82) is 0 Å². The first-order valence-electron chi connectivity index (χ1n) is 3.64. The van der Waals surface area contributed by atoms with Gasteiger partial charge in [0.2, 0.25) is 0 Å². The number of halogens is 2. The molecule has 0 aromatic heterocycles. The highest BCUT2D eigenvalue weighted by atomic mass is 35.5. The van der Waals surface area contributed by atoms with E-state index in [1.165, 1.54) is 0 Å². The van der Waals surface area contributed by atoms with Crippen LogP contribution in [0.1, 0.15) is 34.1 Å². The van der Waals surface area contributed by atoms with Crippen molar-refractivity contribution in [2.45, 2.75) is 39.0 Å². The van der Waals surface area contributed by atoms with Gasteiger partial charge in [0.05, 0.1) is 0 Å². The van der Waals surface area contributed by atoms with E-state index in [0.29, 0.717) is 5.92 Å². The summed E-state index contributed by atoms with van der Waals surface area (Å²) < 4.78 is 0. The first kappa shape index (κ1) is 10.6. The summed E-state index contributed by atoms with van der Waals surface area (Å²) in [5.41, 5.74) is 0.258. The van der Waals surface area contributed by atoms with Crippen molar-refractivity contribution in [3.05, 3.63) is 0 Å². The standard InChI is InChI=1S/C8H16Cl2/c1-6(2)8(3,4)5-7(9)10/h6-7H,5H2,1-4H3. The van der Waals surface area contributed by atoms with Gasteiger partial charge in [-0.25, -0.2) is 0 Å². The number of hydrogen-bond donors (Lipinski definition) is 0. The lowest BCUT2D eigenvalue weighted by Gasteiger charge is -2.29. The van der Waals surface area contributed by atoms with E-state index >= 15 is 0 Å². The van der Waals surface area contributed by atoms with Gasteiger partial charge in [0.1, 0.15) is 4.84 Å². The zero-order valence-electron chi connectivity index (χ0n) is 7.12. The quantitative estimate of drug-likeness (QED) is 0.582. The number of rotatable bonds is 3. The van der Waals surface area contributed by atoms with E-state index < -0.39 is 0 Å². The maximum Gasteiger partial charge on any atom is 0.108 e. The Morgan fingerprint density at radius 3 is 1.70 bits per heavy atom. The molecule has 0 spiro atoms. The second-order valence-electron chi connectivity index (χ2n) is 3.74. The topological polar surface area (TPSA) is 0 Å². The van der Waals surface area contributed by atoms with E-state index in [2.05, 4.69) is 27.7 Å². The van der Waals surface area contributed by atoms with Crippen LogP contribution in [0.3, 0.4) is 0 Å². The van der Waals surface area contributed by atoms with Crippen molar-refractivity contribution in [3.8, 4) is 0 Å². The maximum absolute atomic E-state index is 5.67. The fourth-order valence-corrected chi connectivity index (χ4v) is 1.43. The van der Waals surface area contributed by atoms with Gasteiger partial charge in [0, 0.05) is 0 Å². The van der Waals surface area contributed by atoms with Crippen LogP contribution in [0.5, 0.6) is 0 Å². The first-order valence-corrected chi connectivity index (χ1v) is 4.51. The van der Waals surface area contributed by atoms with Crippen LogP contribution in [0.25, 0.3) is 0 Å². The minimum atomic E-state index is -0.225. The minimum Gasteiger partial charge on any atom is -0.105 e. The van der Waals surface area contributed by atoms with Gasteiger partial charge in [0.15, 0.2) is 0 Å². The molecule has 0 heterocycles. The van der Waals surface area contributed by atoms with Crippen LogP contribution in [0.15, 0.2) is 0 Å². The van der Waals surface area contributed by atoms with Crippen LogP contribution in [0.4, 0.5) is 0 Å². The minimum absolute atomic E-state index is 0.225. The molecule has 0 aliphatic carbocycles. The normalized spacial score (nSPS) is 13.2. The molecule has 0 amide bonds. The van der Waals surface area contributed by atoms with Crippen LogP contribution in [-0.4, -0.2) is 4.84 Å². The van der Waals surface area contributed by atoms with Crippen LogP contribution < -0.4 is 0 Å². The van der Waals surface area contributed by atoms with E-state index in [4.69, 9.17) is 23.2 Å². The predicted molar refractivity (Wildman–Crippen MR) is 48.7 cm³/mol. The average molecular weight is 183 g/mol. The van der Waals surface area contributed by atoms with Crippen molar-refractivity contribution in [2.24, 2.45) is 11.3 Å². The Kier molecular flexibility index (Phi) is 4.05. The molecular weight excluding hydrogens is 167 g/mol. The molecule has 0 unspecified atom stereocenters. The highest BCUT2D eigenvalue weighted by Crippen LogP contribution is 2.33. The Labute approximate surface area is 73.9 Å². The number of alkyl halides is 2. The smallest absolute Gasteiger partial charge is 0.105 e. The molecule has 0 fully saturated rings. The Bertz CT molecular complexity index is 95.4. The molecule has 10 heavy (non-hydrogen) atoms. The van der Waals surface area contributed by atoms with E-state index in [9.17, 15) is 0 Å². The summed E-state index contributed by atoms with van der Waals surface area (Å²) in [7, 11) is 0. The van der Waals surface area contributed by atoms with Gasteiger partial charge < -0.3 is 0 Å². The molecule has 2 heteroatoms. The zero-order valence-corrected chi connectivity index (χ0v) is 8.63. The van der Waals surface area contributed by atoms with Crippen LogP contribution >= 0.6 is 23.2 Å². The summed E-state index contributed by atoms with van der Waals surface area (Å²) in [6, 6.07) is 0. The highest BCUT2D eigenvalue weighted by molar-refractivity contribution is 6.44. The van der Waals surface area contributed by atoms with Crippen molar-refractivity contribution in [3.63, 3.8) is 0 Å². The van der Waals surface area contributed by atoms with E-state index in [0.717, 1.165) is 6.42 Å². The fourth-order valence-electron chi connectivity index (χ4n) is 0.633. The maximum atomic E-state index is 5.67. The van der Waals surface area contributed by atoms with E-state index in [1.54, 1.807) is 0 Å². The zero-order chi connectivity index (χ0) is 8.36. The largest absolute Gasteiger partial charge is 0.108 e. The highest BCUT2D eigenvalue weighted by Gasteiger charge is 2.24. The Morgan fingerprint density at radius 1 is 1.20 bits per heavy atom. The van der Waals surface area contributed by atoms with Crippen molar-refractivity contribution >= 4 is 23.2 Å². The Balaban J connectivity index is 3.87. The van der Waals surface area contributed by atoms with Crippen LogP contribution in [0.2, 0.25) is 0 Å². The molecular formula is C8H16Cl2. The fraction of sp³-hybridized carbons (Fsp3) is 1.00. The molecule has 62 valence electrons. The predicted octanol–water partition coefficient (Wildman–Crippen LogP) is 3.86. The lowest BCUT2D eigenvalue weighted by atomic mass is 9.79. The van der Waals surface area contributed by atoms with Gasteiger partial charge >= 0.3 is 0 Å². The summed E-state index contributed by atoms with van der Waals surface area (Å²) >= 11 is 11.3. The van der Waals surface area contributed by atoms with Gasteiger partial charge in [-0.05, 0) is 17.8 Å². The van der Waals surface area contributed by atoms with Crippen molar-refractivity contribution < 1.29 is 0 Å². The van der Waals surface area contributed by atoms with Gasteiger partial charge in [0.25, 0.3) is 0 Å². The molecule has 0 nitrogen and oxygen atoms in total. The molecule has 0 aliphatic heterocycles. The van der Waals surface area contributed by atoms with Crippen LogP contribution in [-0.2, 0) is 0 Å². The monoisotopic (exact) mass is 182 g/mol. The Hall–Kier alpha value is 0.580. The summed E-state index contributed by atoms with van der Waals surface area (Å²) in [4.78, 5) is -0.225. The third-order valence-corrected chi connectivity index (χ3v) is 2.55. The SMILES string of the molecule is CC(C)C(C)(C)CC(Cl)Cl. The third-order valence-electron chi connectivity index (χ3n) is 2.24. The lowest BCUT2D eigenvalue weighted by molar-refractivity contribution is 0.237. The van der Waals surface area contributed by atoms with Gasteiger partial charge in [-0.2, -0.15) is 0 Å². The summed E-state index contributed by atoms with van der Waals surface area (Å²) in [6.07, 6.45) is 0.869. The summed E-state index contributed by atoms with van der Waals surface area (Å²) in [5.74, 6) is 0.632. The van der Waals surface area contributed by atoms with Gasteiger partial charge in [-0.3, -0.25) is 0 Å². The third kappa shape index (κ3) is 3.68. The lowest BCUT2D eigenvalue weighted by Crippen LogP contribution is -2.21. The summed E-state index contributed by atoms with van der Waals surface area (Å²) in [5, 5.41) is 0. The molecule has 0 bridgehead atoms. The van der Waals surface area contributed by atoms with Crippen molar-refractivity contribution in [2.75, 3.05) is 0 Å². The van der Waals surface area contributed by atoms with Gasteiger partial charge in [-0.1, -0.05) is 27.7 Å². The van der Waals surface area contributed by atoms with Crippen molar-refractivity contribution in [1.82, 2.24) is 0 Å². The molecule has 0 aliphatic rings. The average Bonchev–Trinajstić information content (AvgIpc) is 1.60. The molecule has 0 atom stereocenters. The molecule has 0 saturated carbocycles. The second-order valence-corrected chi connectivity index (χ2v) is 5.02. The summed E-state index contributed by atoms with van der Waals surface area (Å²) in [6.45, 7) is 8.76. The van der Waals surface area contributed by atoms with Gasteiger partial charge in [-0.15, -0.1) is 23.2 Å². The molecule has 0 aromatic carbocycles. The van der Waals surface area contributed by atoms with E-state index in [1.807, 2.05) is 0 Å². The second kappa shape index (κ2) is 3.82. The molecule has 0 N–H and O–H groups in total. The molecule has 0 saturated heterocycles. The van der Waals surface area contributed by atoms with E-state index in [-0.39, 0.29) is 10.3 Å². The first-order chi connectivity index (χ1) is 4.36. The Morgan fingerprint density at radius 2 is 1.60 bits per heavy atom. The molecule has 0 aromatic rings.